The molecule has 0 saturated heterocycles. The second kappa shape index (κ2) is 8.02. The molecule has 0 aliphatic rings. The molecule has 0 aliphatic carbocycles. The van der Waals surface area contributed by atoms with Gasteiger partial charge in [0.25, 0.3) is 0 Å². The van der Waals surface area contributed by atoms with Crippen molar-refractivity contribution < 1.29 is 9.53 Å². The lowest BCUT2D eigenvalue weighted by Crippen LogP contribution is -2.41. The fraction of sp³-hybridized carbons (Fsp3) is 0.562. The Labute approximate surface area is 121 Å². The summed E-state index contributed by atoms with van der Waals surface area (Å²) in [5.41, 5.74) is 2.40. The van der Waals surface area contributed by atoms with E-state index < -0.39 is 0 Å². The largest absolute Gasteiger partial charge is 0.383 e. The van der Waals surface area contributed by atoms with Crippen LogP contribution < -0.4 is 10.6 Å². The van der Waals surface area contributed by atoms with Crippen molar-refractivity contribution >= 4 is 5.91 Å². The van der Waals surface area contributed by atoms with Gasteiger partial charge in [0.1, 0.15) is 0 Å². The molecule has 0 unspecified atom stereocenters. The third kappa shape index (κ3) is 5.72. The lowest BCUT2D eigenvalue weighted by molar-refractivity contribution is -0.120. The van der Waals surface area contributed by atoms with E-state index in [9.17, 15) is 4.79 Å². The number of amides is 1. The number of rotatable bonds is 8. The molecule has 0 aliphatic heterocycles. The van der Waals surface area contributed by atoms with Gasteiger partial charge < -0.3 is 15.4 Å². The zero-order chi connectivity index (χ0) is 15.0. The lowest BCUT2D eigenvalue weighted by atomic mass is 9.84. The summed E-state index contributed by atoms with van der Waals surface area (Å²) in [6, 6.07) is 8.45. The molecule has 1 amide bonds. The van der Waals surface area contributed by atoms with Gasteiger partial charge in [-0.25, -0.2) is 0 Å². The summed E-state index contributed by atoms with van der Waals surface area (Å²) in [6.45, 7) is 8.60. The Morgan fingerprint density at radius 1 is 1.25 bits per heavy atom. The maximum atomic E-state index is 11.7. The van der Waals surface area contributed by atoms with Gasteiger partial charge >= 0.3 is 0 Å². The Morgan fingerprint density at radius 2 is 1.90 bits per heavy atom. The summed E-state index contributed by atoms with van der Waals surface area (Å²) < 4.78 is 4.91. The van der Waals surface area contributed by atoms with Crippen molar-refractivity contribution in [1.29, 1.82) is 0 Å². The first-order valence-electron chi connectivity index (χ1n) is 6.99. The highest BCUT2D eigenvalue weighted by molar-refractivity contribution is 5.78. The molecule has 20 heavy (non-hydrogen) atoms. The third-order valence-electron chi connectivity index (χ3n) is 3.33. The van der Waals surface area contributed by atoms with E-state index in [4.69, 9.17) is 4.74 Å². The first-order chi connectivity index (χ1) is 9.45. The van der Waals surface area contributed by atoms with E-state index in [2.05, 4.69) is 55.7 Å². The molecular formula is C16H26N2O2. The van der Waals surface area contributed by atoms with E-state index >= 15 is 0 Å². The zero-order valence-corrected chi connectivity index (χ0v) is 13.0. The number of carbonyl (C=O) groups excluding carboxylic acids is 1. The molecule has 0 radical (unpaired) electrons. The molecule has 4 heteroatoms. The highest BCUT2D eigenvalue weighted by Gasteiger charge is 2.21. The smallest absolute Gasteiger partial charge is 0.233 e. The van der Waals surface area contributed by atoms with Crippen LogP contribution in [0.15, 0.2) is 24.3 Å². The number of hydrogen-bond acceptors (Lipinski definition) is 3. The van der Waals surface area contributed by atoms with Crippen LogP contribution in [0.1, 0.15) is 25.0 Å². The molecule has 0 saturated carbocycles. The summed E-state index contributed by atoms with van der Waals surface area (Å²) in [7, 11) is 1.64. The number of methoxy groups -OCH3 is 1. The van der Waals surface area contributed by atoms with Crippen molar-refractivity contribution in [3.63, 3.8) is 0 Å². The topological polar surface area (TPSA) is 50.4 Å². The number of aryl methyl sites for hydroxylation is 1. The van der Waals surface area contributed by atoms with Gasteiger partial charge in [-0.1, -0.05) is 43.7 Å². The van der Waals surface area contributed by atoms with Crippen LogP contribution in [0.3, 0.4) is 0 Å². The first-order valence-corrected chi connectivity index (χ1v) is 6.99. The van der Waals surface area contributed by atoms with Crippen LogP contribution in [0.4, 0.5) is 0 Å². The standard InChI is InChI=1S/C16H26N2O2/c1-13-5-7-14(8-6-13)16(2,3)12-18-15(19)11-17-9-10-20-4/h5-8,17H,9-12H2,1-4H3,(H,18,19). The molecule has 2 N–H and O–H groups in total. The molecule has 4 nitrogen and oxygen atoms in total. The Balaban J connectivity index is 2.39. The molecule has 1 rings (SSSR count). The predicted octanol–water partition coefficient (Wildman–Crippen LogP) is 1.62. The fourth-order valence-electron chi connectivity index (χ4n) is 1.87. The summed E-state index contributed by atoms with van der Waals surface area (Å²) >= 11 is 0. The monoisotopic (exact) mass is 278 g/mol. The maximum absolute atomic E-state index is 11.7. The lowest BCUT2D eigenvalue weighted by Gasteiger charge is -2.26. The SMILES string of the molecule is COCCNCC(=O)NCC(C)(C)c1ccc(C)cc1. The molecule has 0 atom stereocenters. The average molecular weight is 278 g/mol. The molecule has 0 fully saturated rings. The molecule has 0 spiro atoms. The van der Waals surface area contributed by atoms with Crippen LogP contribution in [0.2, 0.25) is 0 Å². The van der Waals surface area contributed by atoms with Gasteiger partial charge in [-0.3, -0.25) is 4.79 Å². The predicted molar refractivity (Wildman–Crippen MR) is 82.0 cm³/mol. The number of benzene rings is 1. The average Bonchev–Trinajstić information content (AvgIpc) is 2.42. The first kappa shape index (κ1) is 16.7. The number of hydrogen-bond donors (Lipinski definition) is 2. The molecule has 112 valence electrons. The van der Waals surface area contributed by atoms with E-state index in [1.165, 1.54) is 11.1 Å². The Morgan fingerprint density at radius 3 is 2.50 bits per heavy atom. The maximum Gasteiger partial charge on any atom is 0.233 e. The van der Waals surface area contributed by atoms with Crippen LogP contribution in [0, 0.1) is 6.92 Å². The molecule has 1 aromatic carbocycles. The Kier molecular flexibility index (Phi) is 6.68. The van der Waals surface area contributed by atoms with E-state index in [0.29, 0.717) is 26.2 Å². The van der Waals surface area contributed by atoms with Gasteiger partial charge in [-0.15, -0.1) is 0 Å². The third-order valence-corrected chi connectivity index (χ3v) is 3.33. The van der Waals surface area contributed by atoms with Gasteiger partial charge in [-0.05, 0) is 12.5 Å². The highest BCUT2D eigenvalue weighted by Crippen LogP contribution is 2.22. The van der Waals surface area contributed by atoms with Crippen LogP contribution in [0.5, 0.6) is 0 Å². The summed E-state index contributed by atoms with van der Waals surface area (Å²) in [5.74, 6) is 0.0151. The van der Waals surface area contributed by atoms with Crippen LogP contribution in [-0.2, 0) is 14.9 Å². The number of ether oxygens (including phenoxy) is 1. The fourth-order valence-corrected chi connectivity index (χ4v) is 1.87. The van der Waals surface area contributed by atoms with Crippen molar-refractivity contribution in [1.82, 2.24) is 10.6 Å². The second-order valence-electron chi connectivity index (χ2n) is 5.70. The minimum absolute atomic E-state index is 0.0151. The quantitative estimate of drug-likeness (QED) is 0.711. The van der Waals surface area contributed by atoms with Gasteiger partial charge in [0.15, 0.2) is 0 Å². The van der Waals surface area contributed by atoms with Crippen molar-refractivity contribution in [3.05, 3.63) is 35.4 Å². The summed E-state index contributed by atoms with van der Waals surface area (Å²) in [5, 5.41) is 6.00. The minimum Gasteiger partial charge on any atom is -0.383 e. The van der Waals surface area contributed by atoms with Crippen LogP contribution in [0.25, 0.3) is 0 Å². The molecule has 0 aromatic heterocycles. The minimum atomic E-state index is -0.0735. The van der Waals surface area contributed by atoms with Crippen molar-refractivity contribution in [3.8, 4) is 0 Å². The van der Waals surface area contributed by atoms with E-state index in [1.807, 2.05) is 0 Å². The summed E-state index contributed by atoms with van der Waals surface area (Å²) in [4.78, 5) is 11.7. The second-order valence-corrected chi connectivity index (χ2v) is 5.70. The molecule has 0 heterocycles. The summed E-state index contributed by atoms with van der Waals surface area (Å²) in [6.07, 6.45) is 0. The van der Waals surface area contributed by atoms with Gasteiger partial charge in [-0.2, -0.15) is 0 Å². The van der Waals surface area contributed by atoms with E-state index in [-0.39, 0.29) is 11.3 Å². The van der Waals surface area contributed by atoms with Gasteiger partial charge in [0.05, 0.1) is 13.2 Å². The van der Waals surface area contributed by atoms with Crippen LogP contribution in [-0.4, -0.2) is 39.3 Å². The normalized spacial score (nSPS) is 11.4. The molecular weight excluding hydrogens is 252 g/mol. The van der Waals surface area contributed by atoms with E-state index in [0.717, 1.165) is 0 Å². The van der Waals surface area contributed by atoms with Crippen molar-refractivity contribution in [2.24, 2.45) is 0 Å². The number of nitrogens with one attached hydrogen (secondary N) is 2. The number of carbonyl (C=O) groups is 1. The molecule has 0 bridgehead atoms. The van der Waals surface area contributed by atoms with Gasteiger partial charge in [0, 0.05) is 25.6 Å². The highest BCUT2D eigenvalue weighted by atomic mass is 16.5. The Hall–Kier alpha value is -1.39. The Bertz CT molecular complexity index is 413. The molecule has 1 aromatic rings. The van der Waals surface area contributed by atoms with Crippen molar-refractivity contribution in [2.45, 2.75) is 26.2 Å². The van der Waals surface area contributed by atoms with E-state index in [1.54, 1.807) is 7.11 Å². The van der Waals surface area contributed by atoms with Crippen LogP contribution >= 0.6 is 0 Å². The van der Waals surface area contributed by atoms with Gasteiger partial charge in [0.2, 0.25) is 5.91 Å². The zero-order valence-electron chi connectivity index (χ0n) is 13.0. The van der Waals surface area contributed by atoms with Crippen molar-refractivity contribution in [2.75, 3.05) is 33.4 Å².